The molecule has 1 fully saturated rings. The zero-order chi connectivity index (χ0) is 15.2. The third-order valence-electron chi connectivity index (χ3n) is 5.03. The third kappa shape index (κ3) is 4.08. The molecule has 0 aliphatic heterocycles. The van der Waals surface area contributed by atoms with Gasteiger partial charge in [0.25, 0.3) is 0 Å². The second-order valence-corrected chi connectivity index (χ2v) is 6.71. The fourth-order valence-corrected chi connectivity index (χ4v) is 3.94. The van der Waals surface area contributed by atoms with Gasteiger partial charge in [-0.15, -0.1) is 0 Å². The van der Waals surface area contributed by atoms with E-state index in [1.165, 1.54) is 37.8 Å². The summed E-state index contributed by atoms with van der Waals surface area (Å²) in [5.41, 5.74) is 1.53. The summed E-state index contributed by atoms with van der Waals surface area (Å²) in [5, 5.41) is 3.58. The van der Waals surface area contributed by atoms with Gasteiger partial charge in [0.2, 0.25) is 0 Å². The highest BCUT2D eigenvalue weighted by molar-refractivity contribution is 5.21. The number of benzene rings is 1. The van der Waals surface area contributed by atoms with Gasteiger partial charge in [0, 0.05) is 18.1 Å². The Hall–Kier alpha value is -0.860. The van der Waals surface area contributed by atoms with Gasteiger partial charge in [0.15, 0.2) is 0 Å². The molecule has 0 spiro atoms. The first-order valence-electron chi connectivity index (χ1n) is 8.65. The molecule has 2 heteroatoms. The molecule has 118 valence electrons. The van der Waals surface area contributed by atoms with E-state index < -0.39 is 0 Å². The van der Waals surface area contributed by atoms with E-state index in [0.29, 0.717) is 18.1 Å². The molecule has 1 saturated carbocycles. The summed E-state index contributed by atoms with van der Waals surface area (Å²) in [5.74, 6) is 0.721. The van der Waals surface area contributed by atoms with Crippen LogP contribution < -0.4 is 5.32 Å². The summed E-state index contributed by atoms with van der Waals surface area (Å²) in [6.07, 6.45) is 5.12. The first-order chi connectivity index (χ1) is 10.2. The van der Waals surface area contributed by atoms with Crippen LogP contribution in [-0.2, 0) is 0 Å². The lowest BCUT2D eigenvalue weighted by molar-refractivity contribution is 0.0870. The lowest BCUT2D eigenvalue weighted by atomic mass is 9.77. The van der Waals surface area contributed by atoms with Crippen molar-refractivity contribution in [2.45, 2.75) is 70.5 Å². The topological polar surface area (TPSA) is 15.3 Å². The highest BCUT2D eigenvalue weighted by atomic mass is 15.2. The van der Waals surface area contributed by atoms with E-state index in [1.54, 1.807) is 0 Å². The van der Waals surface area contributed by atoms with Crippen molar-refractivity contribution in [2.75, 3.05) is 13.6 Å². The molecule has 2 rings (SSSR count). The van der Waals surface area contributed by atoms with E-state index in [2.05, 4.69) is 68.4 Å². The molecule has 21 heavy (non-hydrogen) atoms. The fraction of sp³-hybridized carbons (Fsp3) is 0.684. The van der Waals surface area contributed by atoms with Crippen molar-refractivity contribution in [1.82, 2.24) is 10.2 Å². The average Bonchev–Trinajstić information content (AvgIpc) is 2.52. The molecule has 2 nitrogen and oxygen atoms in total. The van der Waals surface area contributed by atoms with E-state index in [0.717, 1.165) is 5.92 Å². The first-order valence-corrected chi connectivity index (χ1v) is 8.65. The number of rotatable bonds is 6. The van der Waals surface area contributed by atoms with Crippen molar-refractivity contribution in [3.05, 3.63) is 35.9 Å². The second kappa shape index (κ2) is 7.95. The maximum atomic E-state index is 3.58. The smallest absolute Gasteiger partial charge is 0.0257 e. The number of nitrogens with one attached hydrogen (secondary N) is 1. The Morgan fingerprint density at radius 1 is 1.19 bits per heavy atom. The molecule has 0 radical (unpaired) electrons. The van der Waals surface area contributed by atoms with Gasteiger partial charge in [-0.3, -0.25) is 4.90 Å². The van der Waals surface area contributed by atoms with Crippen LogP contribution in [0.4, 0.5) is 0 Å². The predicted octanol–water partition coefficient (Wildman–Crippen LogP) is 4.03. The second-order valence-electron chi connectivity index (χ2n) is 6.71. The van der Waals surface area contributed by atoms with Crippen LogP contribution in [0.1, 0.15) is 57.9 Å². The molecule has 0 bridgehead atoms. The molecular formula is C19H32N2. The zero-order valence-corrected chi connectivity index (χ0v) is 14.2. The Balaban J connectivity index is 2.15. The zero-order valence-electron chi connectivity index (χ0n) is 14.2. The maximum absolute atomic E-state index is 3.58. The van der Waals surface area contributed by atoms with Gasteiger partial charge in [-0.1, -0.05) is 37.3 Å². The van der Waals surface area contributed by atoms with Crippen LogP contribution in [0, 0.1) is 0 Å². The normalized spacial score (nSPS) is 26.5. The van der Waals surface area contributed by atoms with Crippen LogP contribution in [0.5, 0.6) is 0 Å². The van der Waals surface area contributed by atoms with Crippen LogP contribution in [0.3, 0.4) is 0 Å². The van der Waals surface area contributed by atoms with E-state index in [4.69, 9.17) is 0 Å². The SMILES string of the molecule is CCCN(C(C)C)C1CC(c2ccccc2)CCC1NC. The highest BCUT2D eigenvalue weighted by Crippen LogP contribution is 2.35. The largest absolute Gasteiger partial charge is 0.315 e. The Morgan fingerprint density at radius 3 is 2.48 bits per heavy atom. The van der Waals surface area contributed by atoms with Crippen molar-refractivity contribution in [3.8, 4) is 0 Å². The molecule has 0 heterocycles. The lowest BCUT2D eigenvalue weighted by Crippen LogP contribution is -2.54. The van der Waals surface area contributed by atoms with Crippen LogP contribution in [0.2, 0.25) is 0 Å². The van der Waals surface area contributed by atoms with Crippen LogP contribution in [0.25, 0.3) is 0 Å². The van der Waals surface area contributed by atoms with Crippen LogP contribution >= 0.6 is 0 Å². The minimum Gasteiger partial charge on any atom is -0.315 e. The standard InChI is InChI=1S/C19H32N2/c1-5-13-21(15(2)3)19-14-17(11-12-18(19)20-4)16-9-7-6-8-10-16/h6-10,15,17-20H,5,11-14H2,1-4H3. The molecule has 0 amide bonds. The van der Waals surface area contributed by atoms with Crippen molar-refractivity contribution >= 4 is 0 Å². The Kier molecular flexibility index (Phi) is 6.25. The van der Waals surface area contributed by atoms with Gasteiger partial charge in [-0.25, -0.2) is 0 Å². The molecule has 1 aliphatic rings. The average molecular weight is 288 g/mol. The predicted molar refractivity (Wildman–Crippen MR) is 91.8 cm³/mol. The van der Waals surface area contributed by atoms with Gasteiger partial charge >= 0.3 is 0 Å². The van der Waals surface area contributed by atoms with Crippen molar-refractivity contribution < 1.29 is 0 Å². The van der Waals surface area contributed by atoms with Gasteiger partial charge in [0.1, 0.15) is 0 Å². The lowest BCUT2D eigenvalue weighted by Gasteiger charge is -2.44. The van der Waals surface area contributed by atoms with Crippen molar-refractivity contribution in [1.29, 1.82) is 0 Å². The minimum atomic E-state index is 0.625. The quantitative estimate of drug-likeness (QED) is 0.850. The monoisotopic (exact) mass is 288 g/mol. The molecular weight excluding hydrogens is 256 g/mol. The number of likely N-dealkylation sites (N-methyl/N-ethyl adjacent to an activating group) is 1. The molecule has 3 atom stereocenters. The van der Waals surface area contributed by atoms with Crippen molar-refractivity contribution in [2.24, 2.45) is 0 Å². The Bertz CT molecular complexity index is 401. The minimum absolute atomic E-state index is 0.625. The van der Waals surface area contributed by atoms with E-state index in [1.807, 2.05) is 0 Å². The molecule has 1 N–H and O–H groups in total. The Morgan fingerprint density at radius 2 is 1.90 bits per heavy atom. The van der Waals surface area contributed by atoms with Gasteiger partial charge in [-0.05, 0) is 64.6 Å². The van der Waals surface area contributed by atoms with E-state index in [9.17, 15) is 0 Å². The fourth-order valence-electron chi connectivity index (χ4n) is 3.94. The first kappa shape index (κ1) is 16.5. The summed E-state index contributed by atoms with van der Waals surface area (Å²) in [6, 6.07) is 13.0. The number of hydrogen-bond donors (Lipinski definition) is 1. The van der Waals surface area contributed by atoms with Gasteiger partial charge in [0.05, 0.1) is 0 Å². The van der Waals surface area contributed by atoms with Crippen molar-refractivity contribution in [3.63, 3.8) is 0 Å². The Labute approximate surface area is 130 Å². The molecule has 3 unspecified atom stereocenters. The molecule has 1 aromatic rings. The van der Waals surface area contributed by atoms with Gasteiger partial charge in [-0.2, -0.15) is 0 Å². The summed E-state index contributed by atoms with van der Waals surface area (Å²) in [7, 11) is 2.13. The van der Waals surface area contributed by atoms with Crippen LogP contribution in [0.15, 0.2) is 30.3 Å². The van der Waals surface area contributed by atoms with E-state index in [-0.39, 0.29) is 0 Å². The summed E-state index contributed by atoms with van der Waals surface area (Å²) in [6.45, 7) is 8.19. The molecule has 0 saturated heterocycles. The van der Waals surface area contributed by atoms with E-state index >= 15 is 0 Å². The summed E-state index contributed by atoms with van der Waals surface area (Å²) in [4.78, 5) is 2.72. The molecule has 1 aliphatic carbocycles. The maximum Gasteiger partial charge on any atom is 0.0257 e. The molecule has 0 aromatic heterocycles. The number of nitrogens with zero attached hydrogens (tertiary/aromatic N) is 1. The highest BCUT2D eigenvalue weighted by Gasteiger charge is 2.34. The van der Waals surface area contributed by atoms with Crippen LogP contribution in [-0.4, -0.2) is 36.6 Å². The summed E-state index contributed by atoms with van der Waals surface area (Å²) >= 11 is 0. The van der Waals surface area contributed by atoms with Gasteiger partial charge < -0.3 is 5.32 Å². The third-order valence-corrected chi connectivity index (χ3v) is 5.03. The summed E-state index contributed by atoms with van der Waals surface area (Å²) < 4.78 is 0. The number of hydrogen-bond acceptors (Lipinski definition) is 2. The molecule has 1 aromatic carbocycles.